The quantitative estimate of drug-likeness (QED) is 0.640. The van der Waals surface area contributed by atoms with E-state index in [9.17, 15) is 9.59 Å². The number of methoxy groups -OCH3 is 2. The summed E-state index contributed by atoms with van der Waals surface area (Å²) in [6.45, 7) is -0.00561. The van der Waals surface area contributed by atoms with Crippen molar-refractivity contribution in [2.24, 2.45) is 0 Å². The lowest BCUT2D eigenvalue weighted by Crippen LogP contribution is -2.33. The number of rotatable bonds is 7. The molecule has 2 aromatic carbocycles. The van der Waals surface area contributed by atoms with Crippen LogP contribution in [0.4, 0.5) is 0 Å². The van der Waals surface area contributed by atoms with E-state index >= 15 is 0 Å². The van der Waals surface area contributed by atoms with E-state index in [1.807, 2.05) is 24.3 Å². The maximum absolute atomic E-state index is 12.6. The van der Waals surface area contributed by atoms with Gasteiger partial charge in [0.05, 0.1) is 32.2 Å². The number of esters is 1. The summed E-state index contributed by atoms with van der Waals surface area (Å²) in [6.07, 6.45) is 0.0205. The minimum absolute atomic E-state index is 0.00561. The van der Waals surface area contributed by atoms with Crippen molar-refractivity contribution in [2.45, 2.75) is 19.0 Å². The van der Waals surface area contributed by atoms with Gasteiger partial charge in [-0.05, 0) is 29.8 Å². The average Bonchev–Trinajstić information content (AvgIpc) is 3.10. The molecule has 0 aliphatic carbocycles. The van der Waals surface area contributed by atoms with Crippen molar-refractivity contribution in [3.8, 4) is 5.75 Å². The lowest BCUT2D eigenvalue weighted by molar-refractivity contribution is -0.141. The van der Waals surface area contributed by atoms with Gasteiger partial charge in [-0.15, -0.1) is 5.10 Å². The first-order valence-corrected chi connectivity index (χ1v) is 8.39. The molecule has 140 valence electrons. The van der Waals surface area contributed by atoms with Gasteiger partial charge in [-0.2, -0.15) is 0 Å². The second-order valence-electron chi connectivity index (χ2n) is 5.91. The summed E-state index contributed by atoms with van der Waals surface area (Å²) in [5.41, 5.74) is 2.26. The molecule has 3 rings (SSSR count). The third-order valence-electron chi connectivity index (χ3n) is 4.17. The summed E-state index contributed by atoms with van der Waals surface area (Å²) in [4.78, 5) is 24.3. The van der Waals surface area contributed by atoms with E-state index in [4.69, 9.17) is 9.47 Å². The second kappa shape index (κ2) is 8.31. The van der Waals surface area contributed by atoms with Crippen molar-refractivity contribution in [1.82, 2.24) is 20.3 Å². The number of hydrogen-bond acceptors (Lipinski definition) is 6. The van der Waals surface area contributed by atoms with Crippen molar-refractivity contribution in [2.75, 3.05) is 14.2 Å². The normalized spacial score (nSPS) is 11.8. The van der Waals surface area contributed by atoms with E-state index < -0.39 is 12.0 Å². The third kappa shape index (κ3) is 4.41. The van der Waals surface area contributed by atoms with E-state index in [0.717, 1.165) is 11.1 Å². The van der Waals surface area contributed by atoms with Crippen LogP contribution in [-0.4, -0.2) is 41.1 Å². The highest BCUT2D eigenvalue weighted by Gasteiger charge is 2.20. The number of para-hydroxylation sites is 1. The van der Waals surface area contributed by atoms with E-state index in [0.29, 0.717) is 11.3 Å². The Balaban J connectivity index is 1.75. The van der Waals surface area contributed by atoms with Gasteiger partial charge in [0, 0.05) is 0 Å². The Morgan fingerprint density at radius 3 is 2.56 bits per heavy atom. The smallest absolute Gasteiger partial charge is 0.307 e. The van der Waals surface area contributed by atoms with Crippen LogP contribution in [0, 0.1) is 0 Å². The molecule has 0 aliphatic rings. The molecule has 0 saturated carbocycles. The molecule has 27 heavy (non-hydrogen) atoms. The zero-order chi connectivity index (χ0) is 19.2. The molecule has 0 saturated heterocycles. The maximum atomic E-state index is 12.6. The number of nitrogens with zero attached hydrogens (tertiary/aromatic N) is 3. The molecule has 0 spiro atoms. The fraction of sp³-hybridized carbons (Fsp3) is 0.263. The van der Waals surface area contributed by atoms with Crippen LogP contribution in [0.25, 0.3) is 11.0 Å². The highest BCUT2D eigenvalue weighted by molar-refractivity contribution is 5.80. The molecule has 1 atom stereocenters. The number of amides is 1. The van der Waals surface area contributed by atoms with Crippen LogP contribution < -0.4 is 10.1 Å². The van der Waals surface area contributed by atoms with Gasteiger partial charge < -0.3 is 14.8 Å². The summed E-state index contributed by atoms with van der Waals surface area (Å²) in [7, 11) is 2.89. The summed E-state index contributed by atoms with van der Waals surface area (Å²) >= 11 is 0. The molecule has 0 bridgehead atoms. The first-order valence-electron chi connectivity index (χ1n) is 8.39. The number of carbonyl (C=O) groups excluding carboxylic acids is 2. The Bertz CT molecular complexity index is 936. The van der Waals surface area contributed by atoms with E-state index in [1.165, 1.54) is 11.8 Å². The van der Waals surface area contributed by atoms with E-state index in [2.05, 4.69) is 15.6 Å². The van der Waals surface area contributed by atoms with Gasteiger partial charge in [-0.25, -0.2) is 4.68 Å². The molecule has 0 fully saturated rings. The van der Waals surface area contributed by atoms with Crippen LogP contribution >= 0.6 is 0 Å². The van der Waals surface area contributed by atoms with Crippen molar-refractivity contribution >= 4 is 22.9 Å². The lowest BCUT2D eigenvalue weighted by Gasteiger charge is -2.18. The van der Waals surface area contributed by atoms with Crippen LogP contribution in [0.5, 0.6) is 5.75 Å². The number of aromatic nitrogens is 3. The first kappa shape index (κ1) is 18.4. The predicted octanol–water partition coefficient (Wildman–Crippen LogP) is 1.86. The van der Waals surface area contributed by atoms with Gasteiger partial charge >= 0.3 is 5.97 Å². The van der Waals surface area contributed by atoms with Crippen molar-refractivity contribution in [1.29, 1.82) is 0 Å². The molecule has 0 radical (unpaired) electrons. The molecular formula is C19H20N4O4. The Morgan fingerprint density at radius 2 is 1.85 bits per heavy atom. The van der Waals surface area contributed by atoms with Crippen LogP contribution in [0.3, 0.4) is 0 Å². The number of ether oxygens (including phenoxy) is 2. The summed E-state index contributed by atoms with van der Waals surface area (Å²) < 4.78 is 11.4. The van der Waals surface area contributed by atoms with Crippen LogP contribution in [0.2, 0.25) is 0 Å². The molecule has 0 aliphatic heterocycles. The van der Waals surface area contributed by atoms with E-state index in [1.54, 1.807) is 31.4 Å². The monoisotopic (exact) mass is 368 g/mol. The van der Waals surface area contributed by atoms with Crippen LogP contribution in [0.15, 0.2) is 48.5 Å². The average molecular weight is 368 g/mol. The Morgan fingerprint density at radius 1 is 1.11 bits per heavy atom. The second-order valence-corrected chi connectivity index (χ2v) is 5.91. The molecule has 1 amide bonds. The van der Waals surface area contributed by atoms with Crippen molar-refractivity contribution in [3.05, 3.63) is 54.1 Å². The molecule has 0 unspecified atom stereocenters. The van der Waals surface area contributed by atoms with Gasteiger partial charge in [-0.1, -0.05) is 29.5 Å². The van der Waals surface area contributed by atoms with Gasteiger partial charge in [0.1, 0.15) is 17.8 Å². The number of hydrogen-bond donors (Lipinski definition) is 1. The number of carbonyl (C=O) groups is 2. The fourth-order valence-corrected chi connectivity index (χ4v) is 2.75. The molecule has 1 N–H and O–H groups in total. The van der Waals surface area contributed by atoms with Crippen LogP contribution in [-0.2, 0) is 20.9 Å². The number of benzene rings is 2. The summed E-state index contributed by atoms with van der Waals surface area (Å²) in [5.74, 6) is -0.00585. The minimum atomic E-state index is -0.523. The fourth-order valence-electron chi connectivity index (χ4n) is 2.75. The number of fused-ring (bicyclic) bond motifs is 1. The van der Waals surface area contributed by atoms with Gasteiger partial charge in [-0.3, -0.25) is 9.59 Å². The highest BCUT2D eigenvalue weighted by atomic mass is 16.5. The lowest BCUT2D eigenvalue weighted by atomic mass is 10.0. The van der Waals surface area contributed by atoms with Gasteiger partial charge in [0.25, 0.3) is 0 Å². The molecule has 8 nitrogen and oxygen atoms in total. The van der Waals surface area contributed by atoms with E-state index in [-0.39, 0.29) is 18.9 Å². The minimum Gasteiger partial charge on any atom is -0.497 e. The Labute approximate surface area is 156 Å². The zero-order valence-corrected chi connectivity index (χ0v) is 15.1. The molecule has 1 heterocycles. The number of nitrogens with one attached hydrogen (secondary N) is 1. The SMILES string of the molecule is COC(=O)C[C@@H](NC(=O)Cn1nnc2ccccc21)c1ccc(OC)cc1. The van der Waals surface area contributed by atoms with Crippen molar-refractivity contribution < 1.29 is 19.1 Å². The molecular weight excluding hydrogens is 348 g/mol. The topological polar surface area (TPSA) is 95.3 Å². The van der Waals surface area contributed by atoms with Gasteiger partial charge in [0.15, 0.2) is 0 Å². The third-order valence-corrected chi connectivity index (χ3v) is 4.17. The Hall–Kier alpha value is -3.42. The molecule has 8 heteroatoms. The van der Waals surface area contributed by atoms with Gasteiger partial charge in [0.2, 0.25) is 5.91 Å². The summed E-state index contributed by atoms with van der Waals surface area (Å²) in [5, 5.41) is 10.9. The summed E-state index contributed by atoms with van der Waals surface area (Å²) in [6, 6.07) is 14.0. The maximum Gasteiger partial charge on any atom is 0.307 e. The largest absolute Gasteiger partial charge is 0.497 e. The predicted molar refractivity (Wildman–Crippen MR) is 98.0 cm³/mol. The zero-order valence-electron chi connectivity index (χ0n) is 15.1. The van der Waals surface area contributed by atoms with Crippen molar-refractivity contribution in [3.63, 3.8) is 0 Å². The molecule has 1 aromatic heterocycles. The first-order chi connectivity index (χ1) is 13.1. The standard InChI is InChI=1S/C19H20N4O4/c1-26-14-9-7-13(8-10-14)16(11-19(25)27-2)20-18(24)12-23-17-6-4-3-5-15(17)21-22-23/h3-10,16H,11-12H2,1-2H3,(H,20,24)/t16-/m1/s1. The Kier molecular flexibility index (Phi) is 5.65. The van der Waals surface area contributed by atoms with Crippen LogP contribution in [0.1, 0.15) is 18.0 Å². The molecule has 3 aromatic rings. The highest BCUT2D eigenvalue weighted by Crippen LogP contribution is 2.21.